The molecule has 0 spiro atoms. The van der Waals surface area contributed by atoms with Crippen molar-refractivity contribution >= 4 is 39.9 Å². The highest BCUT2D eigenvalue weighted by Crippen LogP contribution is 2.33. The van der Waals surface area contributed by atoms with Crippen molar-refractivity contribution in [3.63, 3.8) is 0 Å². The molecular weight excluding hydrogens is 352 g/mol. The minimum Gasteiger partial charge on any atom is -0.495 e. The van der Waals surface area contributed by atoms with E-state index in [1.165, 1.54) is 24.5 Å². The third-order valence-corrected chi connectivity index (χ3v) is 5.29. The number of aliphatic carboxylic acids is 1. The average Bonchev–Trinajstić information content (AvgIpc) is 2.95. The van der Waals surface area contributed by atoms with Crippen LogP contribution in [-0.2, 0) is 17.6 Å². The van der Waals surface area contributed by atoms with E-state index in [1.54, 1.807) is 12.1 Å². The van der Waals surface area contributed by atoms with Crippen molar-refractivity contribution in [2.24, 2.45) is 5.92 Å². The van der Waals surface area contributed by atoms with Crippen molar-refractivity contribution in [3.05, 3.63) is 39.4 Å². The molecule has 1 aromatic heterocycles. The smallest absolute Gasteiger partial charge is 0.306 e. The molecule has 126 valence electrons. The predicted molar refractivity (Wildman–Crippen MR) is 91.2 cm³/mol. The lowest BCUT2D eigenvalue weighted by Crippen LogP contribution is -2.21. The van der Waals surface area contributed by atoms with Crippen LogP contribution < -0.4 is 10.1 Å². The van der Waals surface area contributed by atoms with Crippen molar-refractivity contribution in [1.29, 1.82) is 0 Å². The number of amides is 1. The fraction of sp³-hybridized carbons (Fsp3) is 0.312. The second-order valence-corrected chi connectivity index (χ2v) is 6.96. The van der Waals surface area contributed by atoms with Crippen LogP contribution in [0.25, 0.3) is 0 Å². The van der Waals surface area contributed by atoms with E-state index >= 15 is 0 Å². The van der Waals surface area contributed by atoms with Gasteiger partial charge in [0.05, 0.1) is 23.7 Å². The highest BCUT2D eigenvalue weighted by molar-refractivity contribution is 7.15. The molecule has 0 saturated heterocycles. The molecule has 0 bridgehead atoms. The molecule has 24 heavy (non-hydrogen) atoms. The summed E-state index contributed by atoms with van der Waals surface area (Å²) in [6.07, 6.45) is 1.69. The summed E-state index contributed by atoms with van der Waals surface area (Å²) in [7, 11) is 1.51. The molecule has 1 aromatic carbocycles. The van der Waals surface area contributed by atoms with Gasteiger partial charge in [0.1, 0.15) is 5.75 Å². The largest absolute Gasteiger partial charge is 0.495 e. The van der Waals surface area contributed by atoms with Gasteiger partial charge in [-0.15, -0.1) is 11.3 Å². The molecule has 0 fully saturated rings. The summed E-state index contributed by atoms with van der Waals surface area (Å²) in [6, 6.07) is 4.78. The van der Waals surface area contributed by atoms with Crippen molar-refractivity contribution in [2.75, 3.05) is 12.4 Å². The number of nitrogens with one attached hydrogen (secondary N) is 1. The number of benzene rings is 1. The maximum Gasteiger partial charge on any atom is 0.306 e. The van der Waals surface area contributed by atoms with Crippen molar-refractivity contribution in [1.82, 2.24) is 4.98 Å². The number of ether oxygens (including phenoxy) is 1. The van der Waals surface area contributed by atoms with Crippen molar-refractivity contribution in [2.45, 2.75) is 19.3 Å². The molecule has 1 aliphatic rings. The van der Waals surface area contributed by atoms with Gasteiger partial charge in [-0.25, -0.2) is 4.98 Å². The second kappa shape index (κ2) is 6.78. The van der Waals surface area contributed by atoms with Crippen LogP contribution >= 0.6 is 22.9 Å². The van der Waals surface area contributed by atoms with E-state index in [-0.39, 0.29) is 5.91 Å². The molecule has 1 unspecified atom stereocenters. The maximum atomic E-state index is 12.3. The summed E-state index contributed by atoms with van der Waals surface area (Å²) >= 11 is 7.42. The van der Waals surface area contributed by atoms with E-state index in [0.717, 1.165) is 10.6 Å². The molecule has 8 heteroatoms. The molecule has 0 radical (unpaired) electrons. The molecule has 2 aromatic rings. The first kappa shape index (κ1) is 16.7. The fourth-order valence-corrected chi connectivity index (χ4v) is 3.88. The molecule has 1 aliphatic carbocycles. The van der Waals surface area contributed by atoms with Gasteiger partial charge in [0.15, 0.2) is 5.13 Å². The van der Waals surface area contributed by atoms with E-state index in [9.17, 15) is 9.59 Å². The number of hydrogen-bond donors (Lipinski definition) is 2. The average molecular weight is 367 g/mol. The van der Waals surface area contributed by atoms with Crippen LogP contribution in [-0.4, -0.2) is 29.1 Å². The number of fused-ring (bicyclic) bond motifs is 1. The van der Waals surface area contributed by atoms with Gasteiger partial charge in [-0.2, -0.15) is 0 Å². The van der Waals surface area contributed by atoms with Crippen molar-refractivity contribution < 1.29 is 19.4 Å². The Labute approximate surface area is 147 Å². The standard InChI is InChI=1S/C16H15ClN2O4S/c1-23-12-4-2-8(6-10(12)17)14(20)19-16-18-11-7-9(15(21)22)3-5-13(11)24-16/h2,4,6,9H,3,5,7H2,1H3,(H,21,22)(H,18,19,20). The predicted octanol–water partition coefficient (Wildman–Crippen LogP) is 3.25. The Bertz CT molecular complexity index is 805. The Hall–Kier alpha value is -2.12. The summed E-state index contributed by atoms with van der Waals surface area (Å²) < 4.78 is 5.06. The first-order valence-electron chi connectivity index (χ1n) is 7.34. The topological polar surface area (TPSA) is 88.5 Å². The SMILES string of the molecule is COc1ccc(C(=O)Nc2nc3c(s2)CCC(C(=O)O)C3)cc1Cl. The Kier molecular flexibility index (Phi) is 4.73. The molecule has 1 amide bonds. The van der Waals surface area contributed by atoms with Gasteiger partial charge in [0.2, 0.25) is 0 Å². The van der Waals surface area contributed by atoms with Gasteiger partial charge in [-0.3, -0.25) is 14.9 Å². The first-order valence-corrected chi connectivity index (χ1v) is 8.53. The van der Waals surface area contributed by atoms with Gasteiger partial charge in [-0.1, -0.05) is 11.6 Å². The van der Waals surface area contributed by atoms with Crippen LogP contribution in [0, 0.1) is 5.92 Å². The highest BCUT2D eigenvalue weighted by atomic mass is 35.5. The number of carboxylic acids is 1. The normalized spacial score (nSPS) is 16.3. The van der Waals surface area contributed by atoms with E-state index in [0.29, 0.717) is 40.7 Å². The molecule has 1 atom stereocenters. The lowest BCUT2D eigenvalue weighted by atomic mass is 9.91. The summed E-state index contributed by atoms with van der Waals surface area (Å²) in [5.41, 5.74) is 1.17. The summed E-state index contributed by atoms with van der Waals surface area (Å²) in [5.74, 6) is -1.02. The quantitative estimate of drug-likeness (QED) is 0.867. The first-order chi connectivity index (χ1) is 11.5. The van der Waals surface area contributed by atoms with Gasteiger partial charge in [0, 0.05) is 16.9 Å². The Morgan fingerprint density at radius 2 is 2.25 bits per heavy atom. The lowest BCUT2D eigenvalue weighted by molar-refractivity contribution is -0.142. The Balaban J connectivity index is 1.74. The molecule has 0 saturated carbocycles. The van der Waals surface area contributed by atoms with Gasteiger partial charge < -0.3 is 9.84 Å². The monoisotopic (exact) mass is 366 g/mol. The minimum atomic E-state index is -0.799. The number of aromatic nitrogens is 1. The molecule has 6 nitrogen and oxygen atoms in total. The Morgan fingerprint density at radius 3 is 2.92 bits per heavy atom. The zero-order valence-electron chi connectivity index (χ0n) is 12.8. The van der Waals surface area contributed by atoms with Gasteiger partial charge in [0.25, 0.3) is 5.91 Å². The van der Waals surface area contributed by atoms with E-state index < -0.39 is 11.9 Å². The zero-order chi connectivity index (χ0) is 17.3. The van der Waals surface area contributed by atoms with E-state index in [2.05, 4.69) is 10.3 Å². The maximum absolute atomic E-state index is 12.3. The number of thiazole rings is 1. The minimum absolute atomic E-state index is 0.319. The van der Waals surface area contributed by atoms with Gasteiger partial charge >= 0.3 is 5.97 Å². The number of nitrogens with zero attached hydrogens (tertiary/aromatic N) is 1. The van der Waals surface area contributed by atoms with Crippen LogP contribution in [0.1, 0.15) is 27.3 Å². The third kappa shape index (κ3) is 3.37. The van der Waals surface area contributed by atoms with Crippen LogP contribution in [0.2, 0.25) is 5.02 Å². The molecule has 0 aliphatic heterocycles. The molecule has 2 N–H and O–H groups in total. The van der Waals surface area contributed by atoms with E-state index in [4.69, 9.17) is 21.4 Å². The second-order valence-electron chi connectivity index (χ2n) is 5.47. The number of carbonyl (C=O) groups excluding carboxylic acids is 1. The number of rotatable bonds is 4. The Morgan fingerprint density at radius 1 is 1.46 bits per heavy atom. The number of methoxy groups -OCH3 is 1. The van der Waals surface area contributed by atoms with E-state index in [1.807, 2.05) is 0 Å². The number of aryl methyl sites for hydroxylation is 1. The van der Waals surface area contributed by atoms with Crippen molar-refractivity contribution in [3.8, 4) is 5.75 Å². The van der Waals surface area contributed by atoms with Crippen LogP contribution in [0.4, 0.5) is 5.13 Å². The lowest BCUT2D eigenvalue weighted by Gasteiger charge is -2.16. The van der Waals surface area contributed by atoms with Gasteiger partial charge in [-0.05, 0) is 31.0 Å². The number of carbonyl (C=O) groups is 2. The highest BCUT2D eigenvalue weighted by Gasteiger charge is 2.27. The molecule has 3 rings (SSSR count). The molecular formula is C16H15ClN2O4S. The number of carboxylic acid groups (broad SMARTS) is 1. The van der Waals surface area contributed by atoms with Crippen LogP contribution in [0.15, 0.2) is 18.2 Å². The summed E-state index contributed by atoms with van der Waals surface area (Å²) in [4.78, 5) is 28.8. The number of halogens is 1. The van der Waals surface area contributed by atoms with Crippen LogP contribution in [0.5, 0.6) is 5.75 Å². The summed E-state index contributed by atoms with van der Waals surface area (Å²) in [5, 5.41) is 12.7. The zero-order valence-corrected chi connectivity index (χ0v) is 14.4. The number of anilines is 1. The fourth-order valence-electron chi connectivity index (χ4n) is 2.62. The molecule has 1 heterocycles. The summed E-state index contributed by atoms with van der Waals surface area (Å²) in [6.45, 7) is 0. The van der Waals surface area contributed by atoms with Crippen LogP contribution in [0.3, 0.4) is 0 Å². The third-order valence-electron chi connectivity index (χ3n) is 3.92. The number of hydrogen-bond acceptors (Lipinski definition) is 5.